The van der Waals surface area contributed by atoms with Crippen LogP contribution in [0.1, 0.15) is 23.1 Å². The van der Waals surface area contributed by atoms with E-state index in [4.69, 9.17) is 5.11 Å². The summed E-state index contributed by atoms with van der Waals surface area (Å²) >= 11 is 0. The largest absolute Gasteiger partial charge is 0.476 e. The van der Waals surface area contributed by atoms with E-state index < -0.39 is 17.6 Å². The Morgan fingerprint density at radius 3 is 2.78 bits per heavy atom. The zero-order chi connectivity index (χ0) is 13.3. The van der Waals surface area contributed by atoms with Crippen molar-refractivity contribution in [3.8, 4) is 5.69 Å². The molecule has 2 aromatic rings. The maximum absolute atomic E-state index is 13.6. The van der Waals surface area contributed by atoms with Gasteiger partial charge in [0, 0.05) is 6.07 Å². The first-order valence-corrected chi connectivity index (χ1v) is 5.18. The number of benzene rings is 1. The lowest BCUT2D eigenvalue weighted by atomic mass is 10.2. The maximum atomic E-state index is 13.6. The van der Waals surface area contributed by atoms with Crippen LogP contribution in [0, 0.1) is 11.6 Å². The third-order valence-electron chi connectivity index (χ3n) is 2.44. The standard InChI is InChI=1S/C11H9F2N3O2/c1-2-8-10(11(17)18)14-15-16(8)9-5-6(12)3-4-7(9)13/h3-5H,2H2,1H3,(H,17,18). The first-order chi connectivity index (χ1) is 8.54. The molecule has 1 aromatic carbocycles. The lowest BCUT2D eigenvalue weighted by molar-refractivity contribution is 0.0689. The molecule has 1 heterocycles. The highest BCUT2D eigenvalue weighted by atomic mass is 19.1. The molecule has 0 bridgehead atoms. The summed E-state index contributed by atoms with van der Waals surface area (Å²) in [6.45, 7) is 1.68. The molecule has 94 valence electrons. The highest BCUT2D eigenvalue weighted by molar-refractivity contribution is 5.86. The first-order valence-electron chi connectivity index (χ1n) is 5.18. The van der Waals surface area contributed by atoms with Gasteiger partial charge in [0.1, 0.15) is 17.3 Å². The van der Waals surface area contributed by atoms with Crippen molar-refractivity contribution in [3.05, 3.63) is 41.2 Å². The minimum Gasteiger partial charge on any atom is -0.476 e. The molecule has 0 unspecified atom stereocenters. The third-order valence-corrected chi connectivity index (χ3v) is 2.44. The molecule has 0 saturated carbocycles. The van der Waals surface area contributed by atoms with Crippen molar-refractivity contribution < 1.29 is 18.7 Å². The van der Waals surface area contributed by atoms with Gasteiger partial charge in [-0.25, -0.2) is 18.3 Å². The number of halogens is 2. The van der Waals surface area contributed by atoms with Gasteiger partial charge in [0.05, 0.1) is 5.69 Å². The fraction of sp³-hybridized carbons (Fsp3) is 0.182. The highest BCUT2D eigenvalue weighted by Crippen LogP contribution is 2.18. The Labute approximate surface area is 101 Å². The molecule has 0 radical (unpaired) electrons. The Morgan fingerprint density at radius 2 is 2.17 bits per heavy atom. The molecule has 0 atom stereocenters. The number of hydrogen-bond donors (Lipinski definition) is 1. The van der Waals surface area contributed by atoms with Gasteiger partial charge < -0.3 is 5.11 Å². The fourth-order valence-corrected chi connectivity index (χ4v) is 1.63. The van der Waals surface area contributed by atoms with Crippen LogP contribution in [0.2, 0.25) is 0 Å². The van der Waals surface area contributed by atoms with E-state index in [9.17, 15) is 13.6 Å². The molecule has 5 nitrogen and oxygen atoms in total. The monoisotopic (exact) mass is 253 g/mol. The van der Waals surface area contributed by atoms with Gasteiger partial charge in [0.25, 0.3) is 0 Å². The van der Waals surface area contributed by atoms with E-state index in [1.54, 1.807) is 6.92 Å². The summed E-state index contributed by atoms with van der Waals surface area (Å²) < 4.78 is 27.7. The minimum atomic E-state index is -1.25. The Bertz CT molecular complexity index is 610. The van der Waals surface area contributed by atoms with Crippen LogP contribution >= 0.6 is 0 Å². The zero-order valence-corrected chi connectivity index (χ0v) is 9.39. The first kappa shape index (κ1) is 12.2. The molecule has 1 N–H and O–H groups in total. The quantitative estimate of drug-likeness (QED) is 0.905. The predicted octanol–water partition coefficient (Wildman–Crippen LogP) is 1.81. The van der Waals surface area contributed by atoms with Crippen LogP contribution in [0.4, 0.5) is 8.78 Å². The number of rotatable bonds is 3. The van der Waals surface area contributed by atoms with Gasteiger partial charge in [-0.1, -0.05) is 12.1 Å². The van der Waals surface area contributed by atoms with Crippen molar-refractivity contribution in [3.63, 3.8) is 0 Å². The van der Waals surface area contributed by atoms with Gasteiger partial charge in [-0.05, 0) is 18.6 Å². The smallest absolute Gasteiger partial charge is 0.358 e. The van der Waals surface area contributed by atoms with E-state index in [1.807, 2.05) is 0 Å². The minimum absolute atomic E-state index is 0.160. The van der Waals surface area contributed by atoms with Crippen molar-refractivity contribution in [2.24, 2.45) is 0 Å². The van der Waals surface area contributed by atoms with Gasteiger partial charge >= 0.3 is 5.97 Å². The van der Waals surface area contributed by atoms with E-state index in [0.29, 0.717) is 0 Å². The summed E-state index contributed by atoms with van der Waals surface area (Å²) in [4.78, 5) is 10.9. The summed E-state index contributed by atoms with van der Waals surface area (Å²) in [6.07, 6.45) is 0.282. The van der Waals surface area contributed by atoms with Crippen LogP contribution in [0.15, 0.2) is 18.2 Å². The molecule has 0 aliphatic rings. The van der Waals surface area contributed by atoms with Gasteiger partial charge in [-0.15, -0.1) is 5.10 Å². The number of carboxylic acid groups (broad SMARTS) is 1. The maximum Gasteiger partial charge on any atom is 0.358 e. The van der Waals surface area contributed by atoms with E-state index in [2.05, 4.69) is 10.3 Å². The lowest BCUT2D eigenvalue weighted by Crippen LogP contribution is -2.07. The third kappa shape index (κ3) is 1.94. The molecule has 0 saturated heterocycles. The van der Waals surface area contributed by atoms with Crippen molar-refractivity contribution in [1.82, 2.24) is 15.0 Å². The molecule has 7 heteroatoms. The summed E-state index contributed by atoms with van der Waals surface area (Å²) in [6, 6.07) is 2.86. The second-order valence-electron chi connectivity index (χ2n) is 3.55. The second-order valence-corrected chi connectivity index (χ2v) is 3.55. The SMILES string of the molecule is CCc1c(C(=O)O)nnn1-c1cc(F)ccc1F. The van der Waals surface area contributed by atoms with Crippen LogP contribution in [0.5, 0.6) is 0 Å². The average molecular weight is 253 g/mol. The summed E-state index contributed by atoms with van der Waals surface area (Å²) in [5, 5.41) is 15.9. The van der Waals surface area contributed by atoms with Crippen LogP contribution in [0.25, 0.3) is 5.69 Å². The Hall–Kier alpha value is -2.31. The van der Waals surface area contributed by atoms with Crippen LogP contribution in [0.3, 0.4) is 0 Å². The lowest BCUT2D eigenvalue weighted by Gasteiger charge is -2.06. The van der Waals surface area contributed by atoms with Crippen molar-refractivity contribution >= 4 is 5.97 Å². The van der Waals surface area contributed by atoms with E-state index in [-0.39, 0.29) is 23.5 Å². The topological polar surface area (TPSA) is 68.0 Å². The van der Waals surface area contributed by atoms with Gasteiger partial charge in [-0.3, -0.25) is 0 Å². The molecule has 0 amide bonds. The molecule has 0 fully saturated rings. The fourth-order valence-electron chi connectivity index (χ4n) is 1.63. The molecule has 1 aromatic heterocycles. The number of carboxylic acids is 1. The Morgan fingerprint density at radius 1 is 1.44 bits per heavy atom. The Balaban J connectivity index is 2.64. The number of hydrogen-bond acceptors (Lipinski definition) is 3. The summed E-state index contributed by atoms with van der Waals surface area (Å²) in [5.74, 6) is -2.59. The molecular formula is C11H9F2N3O2. The molecule has 0 aliphatic carbocycles. The van der Waals surface area contributed by atoms with Gasteiger partial charge in [0.15, 0.2) is 5.69 Å². The van der Waals surface area contributed by atoms with E-state index in [0.717, 1.165) is 22.9 Å². The number of nitrogens with zero attached hydrogens (tertiary/aromatic N) is 3. The number of aromatic nitrogens is 3. The zero-order valence-electron chi connectivity index (χ0n) is 9.39. The summed E-state index contributed by atoms with van der Waals surface area (Å²) in [7, 11) is 0. The van der Waals surface area contributed by atoms with Gasteiger partial charge in [0.2, 0.25) is 0 Å². The molecule has 18 heavy (non-hydrogen) atoms. The number of aromatic carboxylic acids is 1. The Kier molecular flexibility index (Phi) is 3.05. The second kappa shape index (κ2) is 4.52. The number of carbonyl (C=O) groups is 1. The van der Waals surface area contributed by atoms with Gasteiger partial charge in [-0.2, -0.15) is 0 Å². The van der Waals surface area contributed by atoms with Crippen LogP contribution in [-0.4, -0.2) is 26.1 Å². The van der Waals surface area contributed by atoms with E-state index in [1.165, 1.54) is 0 Å². The highest BCUT2D eigenvalue weighted by Gasteiger charge is 2.20. The van der Waals surface area contributed by atoms with E-state index >= 15 is 0 Å². The molecule has 0 spiro atoms. The summed E-state index contributed by atoms with van der Waals surface area (Å²) in [5.41, 5.74) is -0.208. The molecule has 2 rings (SSSR count). The van der Waals surface area contributed by atoms with Crippen molar-refractivity contribution in [1.29, 1.82) is 0 Å². The van der Waals surface area contributed by atoms with Crippen molar-refractivity contribution in [2.45, 2.75) is 13.3 Å². The average Bonchev–Trinajstić information content (AvgIpc) is 2.75. The molecule has 0 aliphatic heterocycles. The van der Waals surface area contributed by atoms with Crippen LogP contribution < -0.4 is 0 Å². The van der Waals surface area contributed by atoms with Crippen LogP contribution in [-0.2, 0) is 6.42 Å². The van der Waals surface area contributed by atoms with Crippen molar-refractivity contribution in [2.75, 3.05) is 0 Å². The predicted molar refractivity (Wildman–Crippen MR) is 57.6 cm³/mol. The molecular weight excluding hydrogens is 244 g/mol. The normalized spacial score (nSPS) is 10.6.